The molecule has 1 aliphatic rings. The lowest BCUT2D eigenvalue weighted by Crippen LogP contribution is -2.40. The quantitative estimate of drug-likeness (QED) is 0.638. The molecule has 4 nitrogen and oxygen atoms in total. The van der Waals surface area contributed by atoms with E-state index < -0.39 is 6.04 Å². The number of carbonyl (C=O) groups excluding carboxylic acids is 2. The summed E-state index contributed by atoms with van der Waals surface area (Å²) in [7, 11) is 1.35. The molecule has 20 heavy (non-hydrogen) atoms. The van der Waals surface area contributed by atoms with Gasteiger partial charge in [-0.25, -0.2) is 0 Å². The van der Waals surface area contributed by atoms with E-state index in [1.54, 1.807) is 0 Å². The van der Waals surface area contributed by atoms with Crippen LogP contribution in [0, 0.1) is 13.8 Å². The molecular formula is C16H21NO3. The van der Waals surface area contributed by atoms with Crippen molar-refractivity contribution in [3.8, 4) is 0 Å². The molecule has 1 aliphatic carbocycles. The first-order valence-electron chi connectivity index (χ1n) is 6.95. The number of hydrogen-bond acceptors (Lipinski definition) is 4. The molecule has 2 rings (SSSR count). The van der Waals surface area contributed by atoms with Crippen LogP contribution in [0.1, 0.15) is 40.7 Å². The van der Waals surface area contributed by atoms with Gasteiger partial charge in [-0.3, -0.25) is 9.59 Å². The second-order valence-electron chi connectivity index (χ2n) is 5.46. The van der Waals surface area contributed by atoms with E-state index in [2.05, 4.69) is 10.1 Å². The monoisotopic (exact) mass is 275 g/mol. The van der Waals surface area contributed by atoms with Crippen molar-refractivity contribution < 1.29 is 14.3 Å². The molecule has 1 saturated carbocycles. The standard InChI is InChI=1S/C16H21NO3/c1-10-4-7-13(11(2)8-10)16(19)14(9-15(18)20-3)17-12-5-6-12/h4,7-8,12,14,17H,5-6,9H2,1-3H3. The van der Waals surface area contributed by atoms with Crippen molar-refractivity contribution >= 4 is 11.8 Å². The molecule has 1 aromatic rings. The zero-order chi connectivity index (χ0) is 14.7. The lowest BCUT2D eigenvalue weighted by atomic mass is 9.96. The van der Waals surface area contributed by atoms with Gasteiger partial charge in [0.15, 0.2) is 5.78 Å². The molecule has 0 amide bonds. The van der Waals surface area contributed by atoms with Crippen molar-refractivity contribution in [2.45, 2.75) is 45.2 Å². The highest BCUT2D eigenvalue weighted by Crippen LogP contribution is 2.22. The topological polar surface area (TPSA) is 55.4 Å². The summed E-state index contributed by atoms with van der Waals surface area (Å²) in [6, 6.07) is 5.62. The average molecular weight is 275 g/mol. The Bertz CT molecular complexity index is 520. The summed E-state index contributed by atoms with van der Waals surface area (Å²) in [5.74, 6) is -0.388. The van der Waals surface area contributed by atoms with Gasteiger partial charge in [0.2, 0.25) is 0 Å². The minimum atomic E-state index is -0.489. The van der Waals surface area contributed by atoms with Crippen LogP contribution in [0.3, 0.4) is 0 Å². The van der Waals surface area contributed by atoms with Gasteiger partial charge in [0.05, 0.1) is 19.6 Å². The van der Waals surface area contributed by atoms with E-state index in [-0.39, 0.29) is 18.2 Å². The molecule has 4 heteroatoms. The fourth-order valence-corrected chi connectivity index (χ4v) is 2.29. The summed E-state index contributed by atoms with van der Waals surface area (Å²) in [4.78, 5) is 24.1. The van der Waals surface area contributed by atoms with Gasteiger partial charge >= 0.3 is 5.97 Å². The normalized spacial score (nSPS) is 15.8. The summed E-state index contributed by atoms with van der Waals surface area (Å²) in [5, 5.41) is 3.25. The number of nitrogens with one attached hydrogen (secondary N) is 1. The van der Waals surface area contributed by atoms with Crippen LogP contribution in [-0.4, -0.2) is 30.9 Å². The predicted octanol–water partition coefficient (Wildman–Crippen LogP) is 2.17. The molecule has 1 fully saturated rings. The number of ether oxygens (including phenoxy) is 1. The Morgan fingerprint density at radius 1 is 1.35 bits per heavy atom. The average Bonchev–Trinajstić information content (AvgIpc) is 3.21. The van der Waals surface area contributed by atoms with Crippen molar-refractivity contribution in [3.05, 3.63) is 34.9 Å². The molecule has 1 N–H and O–H groups in total. The van der Waals surface area contributed by atoms with E-state index in [1.165, 1.54) is 7.11 Å². The van der Waals surface area contributed by atoms with Crippen LogP contribution >= 0.6 is 0 Å². The van der Waals surface area contributed by atoms with Crippen LogP contribution in [0.5, 0.6) is 0 Å². The maximum absolute atomic E-state index is 12.6. The fraction of sp³-hybridized carbons (Fsp3) is 0.500. The second kappa shape index (κ2) is 6.18. The lowest BCUT2D eigenvalue weighted by Gasteiger charge is -2.17. The van der Waals surface area contributed by atoms with Gasteiger partial charge in [-0.2, -0.15) is 0 Å². The molecule has 0 heterocycles. The minimum absolute atomic E-state index is 0.0280. The zero-order valence-electron chi connectivity index (χ0n) is 12.2. The highest BCUT2D eigenvalue weighted by atomic mass is 16.5. The summed E-state index contributed by atoms with van der Waals surface area (Å²) in [6.07, 6.45) is 2.22. The third-order valence-corrected chi connectivity index (χ3v) is 3.58. The summed E-state index contributed by atoms with van der Waals surface area (Å²) < 4.78 is 4.69. The van der Waals surface area contributed by atoms with Crippen LogP contribution in [0.2, 0.25) is 0 Å². The Balaban J connectivity index is 2.17. The van der Waals surface area contributed by atoms with Gasteiger partial charge in [-0.15, -0.1) is 0 Å². The van der Waals surface area contributed by atoms with Gasteiger partial charge in [-0.05, 0) is 32.3 Å². The molecule has 0 aliphatic heterocycles. The number of Topliss-reactive ketones (excluding diaryl/α,β-unsaturated/α-hetero) is 1. The molecule has 0 saturated heterocycles. The highest BCUT2D eigenvalue weighted by Gasteiger charge is 2.31. The van der Waals surface area contributed by atoms with Gasteiger partial charge in [-0.1, -0.05) is 23.8 Å². The number of rotatable bonds is 6. The van der Waals surface area contributed by atoms with Crippen molar-refractivity contribution in [2.24, 2.45) is 0 Å². The smallest absolute Gasteiger partial charge is 0.307 e. The summed E-state index contributed by atoms with van der Waals surface area (Å²) in [6.45, 7) is 3.92. The SMILES string of the molecule is COC(=O)CC(NC1CC1)C(=O)c1ccc(C)cc1C. The number of hydrogen-bond donors (Lipinski definition) is 1. The van der Waals surface area contributed by atoms with Crippen molar-refractivity contribution in [1.82, 2.24) is 5.32 Å². The highest BCUT2D eigenvalue weighted by molar-refractivity contribution is 6.03. The molecule has 0 spiro atoms. The first-order chi connectivity index (χ1) is 9.51. The molecule has 1 atom stereocenters. The molecule has 0 bridgehead atoms. The number of methoxy groups -OCH3 is 1. The first-order valence-corrected chi connectivity index (χ1v) is 6.95. The minimum Gasteiger partial charge on any atom is -0.469 e. The largest absolute Gasteiger partial charge is 0.469 e. The first kappa shape index (κ1) is 14.7. The second-order valence-corrected chi connectivity index (χ2v) is 5.46. The van der Waals surface area contributed by atoms with Crippen LogP contribution in [-0.2, 0) is 9.53 Å². The maximum Gasteiger partial charge on any atom is 0.307 e. The van der Waals surface area contributed by atoms with Gasteiger partial charge in [0, 0.05) is 11.6 Å². The van der Waals surface area contributed by atoms with E-state index in [0.29, 0.717) is 11.6 Å². The van der Waals surface area contributed by atoms with E-state index >= 15 is 0 Å². The Hall–Kier alpha value is -1.68. The maximum atomic E-state index is 12.6. The van der Waals surface area contributed by atoms with Crippen molar-refractivity contribution in [1.29, 1.82) is 0 Å². The number of aryl methyl sites for hydroxylation is 2. The molecular weight excluding hydrogens is 254 g/mol. The fourth-order valence-electron chi connectivity index (χ4n) is 2.29. The van der Waals surface area contributed by atoms with Crippen LogP contribution < -0.4 is 5.32 Å². The number of carbonyl (C=O) groups is 2. The van der Waals surface area contributed by atoms with Crippen molar-refractivity contribution in [3.63, 3.8) is 0 Å². The van der Waals surface area contributed by atoms with E-state index in [0.717, 1.165) is 24.0 Å². The van der Waals surface area contributed by atoms with E-state index in [1.807, 2.05) is 32.0 Å². The molecule has 108 valence electrons. The molecule has 0 radical (unpaired) electrons. The summed E-state index contributed by atoms with van der Waals surface area (Å²) in [5.41, 5.74) is 2.75. The van der Waals surface area contributed by atoms with E-state index in [4.69, 9.17) is 0 Å². The Labute approximate surface area is 119 Å². The molecule has 1 unspecified atom stereocenters. The number of esters is 1. The molecule has 1 aromatic carbocycles. The predicted molar refractivity (Wildman–Crippen MR) is 76.8 cm³/mol. The van der Waals surface area contributed by atoms with Gasteiger partial charge < -0.3 is 10.1 Å². The Kier molecular flexibility index (Phi) is 4.55. The third-order valence-electron chi connectivity index (χ3n) is 3.58. The van der Waals surface area contributed by atoms with Crippen molar-refractivity contribution in [2.75, 3.05) is 7.11 Å². The van der Waals surface area contributed by atoms with Crippen LogP contribution in [0.25, 0.3) is 0 Å². The number of ketones is 1. The van der Waals surface area contributed by atoms with Gasteiger partial charge in [0.25, 0.3) is 0 Å². The van der Waals surface area contributed by atoms with Crippen LogP contribution in [0.4, 0.5) is 0 Å². The van der Waals surface area contributed by atoms with Crippen LogP contribution in [0.15, 0.2) is 18.2 Å². The summed E-state index contributed by atoms with van der Waals surface area (Å²) >= 11 is 0. The number of benzene rings is 1. The Morgan fingerprint density at radius 2 is 2.05 bits per heavy atom. The van der Waals surface area contributed by atoms with E-state index in [9.17, 15) is 9.59 Å². The zero-order valence-corrected chi connectivity index (χ0v) is 12.2. The lowest BCUT2D eigenvalue weighted by molar-refractivity contribution is -0.140. The third kappa shape index (κ3) is 3.67. The Morgan fingerprint density at radius 3 is 2.60 bits per heavy atom. The molecule has 0 aromatic heterocycles. The van der Waals surface area contributed by atoms with Gasteiger partial charge in [0.1, 0.15) is 0 Å².